The molecule has 3 rings (SSSR count). The highest BCUT2D eigenvalue weighted by atomic mass is 16.5. The molecule has 1 heterocycles. The molecule has 1 unspecified atom stereocenters. The van der Waals surface area contributed by atoms with E-state index in [1.165, 1.54) is 6.08 Å². The second-order valence-corrected chi connectivity index (χ2v) is 8.49. The minimum atomic E-state index is -0.698. The number of aryl methyl sites for hydroxylation is 1. The van der Waals surface area contributed by atoms with Crippen molar-refractivity contribution in [3.8, 4) is 0 Å². The van der Waals surface area contributed by atoms with E-state index < -0.39 is 6.04 Å². The maximum Gasteiger partial charge on any atom is 0.247 e. The summed E-state index contributed by atoms with van der Waals surface area (Å²) in [6.45, 7) is 3.10. The van der Waals surface area contributed by atoms with Gasteiger partial charge in [0.15, 0.2) is 0 Å². The fraction of sp³-hybridized carbons (Fsp3) is 0.276. The normalized spacial score (nSPS) is 11.9. The zero-order chi connectivity index (χ0) is 25.0. The van der Waals surface area contributed by atoms with Gasteiger partial charge in [0.1, 0.15) is 6.04 Å². The first-order chi connectivity index (χ1) is 17.0. The van der Waals surface area contributed by atoms with Crippen molar-refractivity contribution < 1.29 is 14.3 Å². The van der Waals surface area contributed by atoms with Crippen LogP contribution in [0.5, 0.6) is 0 Å². The van der Waals surface area contributed by atoms with E-state index in [9.17, 15) is 9.59 Å². The summed E-state index contributed by atoms with van der Waals surface area (Å²) in [5, 5.41) is 0. The minimum absolute atomic E-state index is 0.140. The number of likely N-dealkylation sites (N-methyl/N-ethyl adjacent to an activating group) is 1. The van der Waals surface area contributed by atoms with Crippen molar-refractivity contribution in [2.75, 3.05) is 27.3 Å². The molecule has 0 aliphatic heterocycles. The fourth-order valence-electron chi connectivity index (χ4n) is 3.71. The van der Waals surface area contributed by atoms with Crippen LogP contribution in [-0.2, 0) is 27.3 Å². The first-order valence-electron chi connectivity index (χ1n) is 11.7. The summed E-state index contributed by atoms with van der Waals surface area (Å²) < 4.78 is 5.16. The van der Waals surface area contributed by atoms with Gasteiger partial charge in [0.2, 0.25) is 11.8 Å². The van der Waals surface area contributed by atoms with Crippen molar-refractivity contribution in [3.63, 3.8) is 0 Å². The fourth-order valence-corrected chi connectivity index (χ4v) is 3.71. The summed E-state index contributed by atoms with van der Waals surface area (Å²) in [7, 11) is 3.34. The standard InChI is InChI=1S/C29H33N3O3/c1-23-12-14-24(15-13-23)16-17-28(33)32(22-26-11-7-8-18-30-26)27(21-25-9-5-4-6-10-25)29(34)31(2)19-20-35-3/h4-18,27H,19-22H2,1-3H3. The van der Waals surface area contributed by atoms with E-state index in [0.717, 1.165) is 22.4 Å². The molecular weight excluding hydrogens is 438 g/mol. The van der Waals surface area contributed by atoms with Gasteiger partial charge in [-0.25, -0.2) is 0 Å². The summed E-state index contributed by atoms with van der Waals surface area (Å²) in [6.07, 6.45) is 5.41. The number of aromatic nitrogens is 1. The molecule has 0 spiro atoms. The van der Waals surface area contributed by atoms with Gasteiger partial charge in [-0.05, 0) is 36.3 Å². The van der Waals surface area contributed by atoms with Gasteiger partial charge >= 0.3 is 0 Å². The van der Waals surface area contributed by atoms with Crippen LogP contribution in [0.15, 0.2) is 85.1 Å². The van der Waals surface area contributed by atoms with Crippen LogP contribution < -0.4 is 0 Å². The second kappa shape index (κ2) is 13.2. The lowest BCUT2D eigenvalue weighted by molar-refractivity contribution is -0.143. The maximum absolute atomic E-state index is 13.6. The van der Waals surface area contributed by atoms with Crippen LogP contribution in [0.1, 0.15) is 22.4 Å². The highest BCUT2D eigenvalue weighted by Crippen LogP contribution is 2.17. The number of hydrogen-bond acceptors (Lipinski definition) is 4. The van der Waals surface area contributed by atoms with Gasteiger partial charge in [-0.2, -0.15) is 0 Å². The smallest absolute Gasteiger partial charge is 0.247 e. The molecule has 0 aliphatic rings. The van der Waals surface area contributed by atoms with Gasteiger partial charge in [0.05, 0.1) is 18.8 Å². The lowest BCUT2D eigenvalue weighted by Crippen LogP contribution is -2.51. The van der Waals surface area contributed by atoms with Gasteiger partial charge in [-0.15, -0.1) is 0 Å². The predicted octanol–water partition coefficient (Wildman–Crippen LogP) is 4.15. The van der Waals surface area contributed by atoms with Crippen molar-refractivity contribution >= 4 is 17.9 Å². The number of hydrogen-bond donors (Lipinski definition) is 0. The average Bonchev–Trinajstić information content (AvgIpc) is 2.89. The zero-order valence-corrected chi connectivity index (χ0v) is 20.6. The van der Waals surface area contributed by atoms with Crippen molar-refractivity contribution in [1.82, 2.24) is 14.8 Å². The van der Waals surface area contributed by atoms with E-state index in [1.807, 2.05) is 79.7 Å². The van der Waals surface area contributed by atoms with Crippen LogP contribution >= 0.6 is 0 Å². The van der Waals surface area contributed by atoms with E-state index in [0.29, 0.717) is 19.6 Å². The maximum atomic E-state index is 13.6. The number of benzene rings is 2. The summed E-state index contributed by atoms with van der Waals surface area (Å²) in [4.78, 5) is 34.9. The molecule has 0 aliphatic carbocycles. The molecule has 0 bridgehead atoms. The lowest BCUT2D eigenvalue weighted by atomic mass is 10.0. The third-order valence-corrected chi connectivity index (χ3v) is 5.78. The zero-order valence-electron chi connectivity index (χ0n) is 20.6. The second-order valence-electron chi connectivity index (χ2n) is 8.49. The minimum Gasteiger partial charge on any atom is -0.383 e. The summed E-state index contributed by atoms with van der Waals surface area (Å²) in [5.74, 6) is -0.385. The van der Waals surface area contributed by atoms with E-state index >= 15 is 0 Å². The molecule has 2 aromatic carbocycles. The van der Waals surface area contributed by atoms with E-state index in [4.69, 9.17) is 4.74 Å². The first-order valence-corrected chi connectivity index (χ1v) is 11.7. The molecule has 0 saturated heterocycles. The Morgan fingerprint density at radius 3 is 2.37 bits per heavy atom. The molecule has 2 amide bonds. The average molecular weight is 472 g/mol. The first kappa shape index (κ1) is 25.8. The van der Waals surface area contributed by atoms with Crippen LogP contribution in [0.3, 0.4) is 0 Å². The number of amides is 2. The molecule has 6 nitrogen and oxygen atoms in total. The van der Waals surface area contributed by atoms with Crippen molar-refractivity contribution in [3.05, 3.63) is 107 Å². The number of ether oxygens (including phenoxy) is 1. The molecule has 0 N–H and O–H groups in total. The Bertz CT molecular complexity index is 1100. The molecule has 1 atom stereocenters. The van der Waals surface area contributed by atoms with Gasteiger partial charge in [-0.3, -0.25) is 14.6 Å². The Kier molecular flexibility index (Phi) is 9.75. The topological polar surface area (TPSA) is 62.7 Å². The van der Waals surface area contributed by atoms with Gasteiger partial charge in [0, 0.05) is 39.4 Å². The molecule has 182 valence electrons. The predicted molar refractivity (Wildman–Crippen MR) is 138 cm³/mol. The number of carbonyl (C=O) groups excluding carboxylic acids is 2. The molecule has 35 heavy (non-hydrogen) atoms. The molecular formula is C29H33N3O3. The summed E-state index contributed by atoms with van der Waals surface area (Å²) in [5.41, 5.74) is 3.77. The van der Waals surface area contributed by atoms with Crippen molar-refractivity contribution in [1.29, 1.82) is 0 Å². The van der Waals surface area contributed by atoms with Gasteiger partial charge < -0.3 is 14.5 Å². The summed E-state index contributed by atoms with van der Waals surface area (Å²) >= 11 is 0. The molecule has 0 radical (unpaired) electrons. The summed E-state index contributed by atoms with van der Waals surface area (Å²) in [6, 6.07) is 22.6. The van der Waals surface area contributed by atoms with Crippen LogP contribution in [0.25, 0.3) is 6.08 Å². The third-order valence-electron chi connectivity index (χ3n) is 5.78. The van der Waals surface area contributed by atoms with Crippen molar-refractivity contribution in [2.45, 2.75) is 25.9 Å². The molecule has 1 aromatic heterocycles. The van der Waals surface area contributed by atoms with Crippen LogP contribution in [0, 0.1) is 6.92 Å². The Labute approximate surface area is 207 Å². The Hall–Kier alpha value is -3.77. The molecule has 6 heteroatoms. The lowest BCUT2D eigenvalue weighted by Gasteiger charge is -2.33. The van der Waals surface area contributed by atoms with Crippen LogP contribution in [0.2, 0.25) is 0 Å². The monoisotopic (exact) mass is 471 g/mol. The highest BCUT2D eigenvalue weighted by molar-refractivity contribution is 5.95. The number of methoxy groups -OCH3 is 1. The number of carbonyl (C=O) groups is 2. The van der Waals surface area contributed by atoms with Crippen LogP contribution in [0.4, 0.5) is 0 Å². The third kappa shape index (κ3) is 7.90. The van der Waals surface area contributed by atoms with Crippen LogP contribution in [-0.4, -0.2) is 59.9 Å². The Balaban J connectivity index is 1.95. The SMILES string of the molecule is COCCN(C)C(=O)C(Cc1ccccc1)N(Cc1ccccn1)C(=O)C=Cc1ccc(C)cc1. The Morgan fingerprint density at radius 1 is 1.00 bits per heavy atom. The number of pyridine rings is 1. The molecule has 0 saturated carbocycles. The number of rotatable bonds is 11. The van der Waals surface area contributed by atoms with E-state index in [1.54, 1.807) is 36.2 Å². The number of nitrogens with zero attached hydrogens (tertiary/aromatic N) is 3. The molecule has 0 fully saturated rings. The van der Waals surface area contributed by atoms with Crippen molar-refractivity contribution in [2.24, 2.45) is 0 Å². The largest absolute Gasteiger partial charge is 0.383 e. The van der Waals surface area contributed by atoms with E-state index in [-0.39, 0.29) is 18.4 Å². The molecule has 3 aromatic rings. The quantitative estimate of drug-likeness (QED) is 0.394. The van der Waals surface area contributed by atoms with Gasteiger partial charge in [-0.1, -0.05) is 66.2 Å². The van der Waals surface area contributed by atoms with E-state index in [2.05, 4.69) is 4.98 Å². The highest BCUT2D eigenvalue weighted by Gasteiger charge is 2.31. The van der Waals surface area contributed by atoms with Gasteiger partial charge in [0.25, 0.3) is 0 Å². The Morgan fingerprint density at radius 2 is 1.71 bits per heavy atom.